The van der Waals surface area contributed by atoms with Crippen LogP contribution in [0.4, 0.5) is 0 Å². The summed E-state index contributed by atoms with van der Waals surface area (Å²) in [6, 6.07) is 6.55. The van der Waals surface area contributed by atoms with E-state index in [2.05, 4.69) is 30.5 Å². The molecular formula is C20H29ClN2O3. The number of hydrogen-bond acceptors (Lipinski definition) is 4. The molecule has 0 aromatic heterocycles. The molecule has 1 aromatic carbocycles. The van der Waals surface area contributed by atoms with E-state index in [0.717, 1.165) is 23.5 Å². The van der Waals surface area contributed by atoms with Crippen LogP contribution in [0.1, 0.15) is 51.5 Å². The number of benzene rings is 1. The molecule has 3 atom stereocenters. The Bertz CT molecular complexity index is 650. The molecular weight excluding hydrogens is 352 g/mol. The van der Waals surface area contributed by atoms with Gasteiger partial charge >= 0.3 is 0 Å². The second-order valence-electron chi connectivity index (χ2n) is 8.28. The van der Waals surface area contributed by atoms with Crippen molar-refractivity contribution in [2.24, 2.45) is 5.92 Å². The molecule has 2 heterocycles. The van der Waals surface area contributed by atoms with Gasteiger partial charge in [-0.05, 0) is 42.9 Å². The molecule has 2 aliphatic heterocycles. The Morgan fingerprint density at radius 3 is 2.81 bits per heavy atom. The smallest absolute Gasteiger partial charge is 0.237 e. The lowest BCUT2D eigenvalue weighted by molar-refractivity contribution is -0.123. The number of halogens is 1. The van der Waals surface area contributed by atoms with Crippen molar-refractivity contribution in [3.63, 3.8) is 0 Å². The van der Waals surface area contributed by atoms with E-state index in [1.54, 1.807) is 0 Å². The lowest BCUT2D eigenvalue weighted by Crippen LogP contribution is -2.46. The number of hydrogen-bond donors (Lipinski definition) is 2. The molecule has 26 heavy (non-hydrogen) atoms. The van der Waals surface area contributed by atoms with Crippen LogP contribution < -0.4 is 20.1 Å². The highest BCUT2D eigenvalue weighted by Crippen LogP contribution is 2.36. The zero-order chi connectivity index (χ0) is 17.4. The molecule has 0 bridgehead atoms. The fourth-order valence-corrected chi connectivity index (χ4v) is 4.37. The predicted molar refractivity (Wildman–Crippen MR) is 103 cm³/mol. The normalized spacial score (nSPS) is 26.8. The van der Waals surface area contributed by atoms with Crippen molar-refractivity contribution in [1.82, 2.24) is 10.6 Å². The monoisotopic (exact) mass is 380 g/mol. The number of ether oxygens (including phenoxy) is 2. The van der Waals surface area contributed by atoms with E-state index in [1.165, 1.54) is 25.7 Å². The molecule has 1 amide bonds. The van der Waals surface area contributed by atoms with Crippen molar-refractivity contribution in [2.75, 3.05) is 13.3 Å². The maximum Gasteiger partial charge on any atom is 0.237 e. The highest BCUT2D eigenvalue weighted by molar-refractivity contribution is 5.85. The van der Waals surface area contributed by atoms with Gasteiger partial charge < -0.3 is 20.1 Å². The summed E-state index contributed by atoms with van der Waals surface area (Å²) >= 11 is 0. The first-order valence-corrected chi connectivity index (χ1v) is 9.47. The molecule has 1 aromatic rings. The molecule has 2 N–H and O–H groups in total. The quantitative estimate of drug-likeness (QED) is 0.842. The number of fused-ring (bicyclic) bond motifs is 2. The fraction of sp³-hybridized carbons (Fsp3) is 0.650. The second kappa shape index (κ2) is 7.65. The molecule has 6 heteroatoms. The Kier molecular flexibility index (Phi) is 5.68. The van der Waals surface area contributed by atoms with Gasteiger partial charge in [0.25, 0.3) is 0 Å². The van der Waals surface area contributed by atoms with Gasteiger partial charge in [0.05, 0.1) is 6.04 Å². The maximum absolute atomic E-state index is 12.6. The summed E-state index contributed by atoms with van der Waals surface area (Å²) in [5, 5.41) is 6.72. The van der Waals surface area contributed by atoms with E-state index in [4.69, 9.17) is 9.47 Å². The molecule has 2 fully saturated rings. The zero-order valence-electron chi connectivity index (χ0n) is 15.5. The van der Waals surface area contributed by atoms with E-state index in [-0.39, 0.29) is 36.6 Å². The minimum Gasteiger partial charge on any atom is -0.454 e. The number of nitrogens with one attached hydrogen (secondary N) is 2. The Labute approximate surface area is 161 Å². The van der Waals surface area contributed by atoms with Gasteiger partial charge in [0.1, 0.15) is 0 Å². The van der Waals surface area contributed by atoms with Gasteiger partial charge in [0.2, 0.25) is 12.7 Å². The van der Waals surface area contributed by atoms with Gasteiger partial charge in [-0.25, -0.2) is 0 Å². The Morgan fingerprint density at radius 2 is 2.00 bits per heavy atom. The van der Waals surface area contributed by atoms with Crippen LogP contribution in [0, 0.1) is 5.92 Å². The molecule has 1 saturated heterocycles. The molecule has 3 unspecified atom stereocenters. The zero-order valence-corrected chi connectivity index (χ0v) is 16.4. The molecule has 5 nitrogen and oxygen atoms in total. The average Bonchev–Trinajstić information content (AvgIpc) is 3.25. The highest BCUT2D eigenvalue weighted by atomic mass is 35.5. The maximum atomic E-state index is 12.6. The van der Waals surface area contributed by atoms with E-state index in [0.29, 0.717) is 18.5 Å². The van der Waals surface area contributed by atoms with Crippen molar-refractivity contribution >= 4 is 18.3 Å². The number of amides is 1. The van der Waals surface area contributed by atoms with Crippen LogP contribution in [-0.4, -0.2) is 31.3 Å². The third-order valence-corrected chi connectivity index (χ3v) is 6.04. The van der Waals surface area contributed by atoms with Crippen LogP contribution in [0.5, 0.6) is 11.5 Å². The molecule has 4 rings (SSSR count). The van der Waals surface area contributed by atoms with Crippen LogP contribution in [-0.2, 0) is 10.2 Å². The lowest BCUT2D eigenvalue weighted by Gasteiger charge is -2.27. The molecule has 1 aliphatic carbocycles. The summed E-state index contributed by atoms with van der Waals surface area (Å²) in [5.41, 5.74) is 0.979. The summed E-state index contributed by atoms with van der Waals surface area (Å²) in [6.45, 7) is 5.18. The third-order valence-electron chi connectivity index (χ3n) is 6.04. The largest absolute Gasteiger partial charge is 0.454 e. The number of rotatable bonds is 4. The molecule has 144 valence electrons. The third kappa shape index (κ3) is 3.79. The minimum atomic E-state index is -0.165. The topological polar surface area (TPSA) is 59.6 Å². The van der Waals surface area contributed by atoms with E-state index < -0.39 is 0 Å². The highest BCUT2D eigenvalue weighted by Gasteiger charge is 2.38. The Morgan fingerprint density at radius 1 is 1.23 bits per heavy atom. The van der Waals surface area contributed by atoms with Gasteiger partial charge in [-0.15, -0.1) is 12.4 Å². The molecule has 1 saturated carbocycles. The van der Waals surface area contributed by atoms with E-state index >= 15 is 0 Å². The van der Waals surface area contributed by atoms with Crippen LogP contribution >= 0.6 is 12.4 Å². The van der Waals surface area contributed by atoms with Crippen molar-refractivity contribution in [2.45, 2.75) is 63.5 Å². The van der Waals surface area contributed by atoms with Gasteiger partial charge in [-0.1, -0.05) is 32.8 Å². The fourth-order valence-electron chi connectivity index (χ4n) is 4.37. The van der Waals surface area contributed by atoms with E-state index in [9.17, 15) is 4.79 Å². The average molecular weight is 381 g/mol. The van der Waals surface area contributed by atoms with Crippen molar-refractivity contribution in [1.29, 1.82) is 0 Å². The first-order valence-electron chi connectivity index (χ1n) is 9.47. The van der Waals surface area contributed by atoms with Crippen LogP contribution in [0.25, 0.3) is 0 Å². The van der Waals surface area contributed by atoms with Gasteiger partial charge in [0.15, 0.2) is 11.5 Å². The summed E-state index contributed by atoms with van der Waals surface area (Å²) in [6.07, 6.45) is 6.08. The summed E-state index contributed by atoms with van der Waals surface area (Å²) in [4.78, 5) is 12.6. The molecule has 3 aliphatic rings. The van der Waals surface area contributed by atoms with Crippen LogP contribution in [0.15, 0.2) is 18.2 Å². The van der Waals surface area contributed by atoms with Crippen molar-refractivity contribution in [3.8, 4) is 11.5 Å². The first kappa shape index (κ1) is 19.3. The lowest BCUT2D eigenvalue weighted by atomic mass is 9.84. The second-order valence-corrected chi connectivity index (χ2v) is 8.28. The molecule has 0 spiro atoms. The van der Waals surface area contributed by atoms with Gasteiger partial charge in [-0.3, -0.25) is 4.79 Å². The first-order chi connectivity index (χ1) is 12.0. The molecule has 0 radical (unpaired) electrons. The summed E-state index contributed by atoms with van der Waals surface area (Å²) in [7, 11) is 0. The Balaban J connectivity index is 0.00000196. The SMILES string of the molecule is CC(C)(CNC(=O)C1CC2CCCCC2N1)c1ccc2c(c1)OCO2.Cl. The Hall–Kier alpha value is -1.46. The predicted octanol–water partition coefficient (Wildman–Crippen LogP) is 3.15. The van der Waals surface area contributed by atoms with Crippen molar-refractivity contribution < 1.29 is 14.3 Å². The summed E-state index contributed by atoms with van der Waals surface area (Å²) in [5.74, 6) is 2.41. The summed E-state index contributed by atoms with van der Waals surface area (Å²) < 4.78 is 10.9. The minimum absolute atomic E-state index is 0. The van der Waals surface area contributed by atoms with E-state index in [1.807, 2.05) is 12.1 Å². The van der Waals surface area contributed by atoms with Gasteiger partial charge in [-0.2, -0.15) is 0 Å². The number of carbonyl (C=O) groups is 1. The van der Waals surface area contributed by atoms with Crippen LogP contribution in [0.2, 0.25) is 0 Å². The van der Waals surface area contributed by atoms with Gasteiger partial charge in [0, 0.05) is 18.0 Å². The van der Waals surface area contributed by atoms with Crippen molar-refractivity contribution in [3.05, 3.63) is 23.8 Å². The number of carbonyl (C=O) groups excluding carboxylic acids is 1. The van der Waals surface area contributed by atoms with Crippen LogP contribution in [0.3, 0.4) is 0 Å². The standard InChI is InChI=1S/C20H28N2O3.ClH/c1-20(2,14-7-8-17-18(10-14)25-12-24-17)11-21-19(23)16-9-13-5-3-4-6-15(13)22-16;/h7-8,10,13,15-16,22H,3-6,9,11-12H2,1-2H3,(H,21,23);1H.